The van der Waals surface area contributed by atoms with Crippen molar-refractivity contribution in [3.63, 3.8) is 0 Å². The van der Waals surface area contributed by atoms with Crippen LogP contribution in [0.25, 0.3) is 0 Å². The number of hydrogen-bond acceptors (Lipinski definition) is 4. The zero-order valence-electron chi connectivity index (χ0n) is 20.0. The first-order chi connectivity index (χ1) is 14.7. The molecule has 1 aliphatic carbocycles. The molecule has 1 aromatic carbocycles. The number of aryl methyl sites for hydroxylation is 1. The SMILES string of the molecule is C=C(C)[C@H]1CCC(C)=C[C@@H]1c1c(O)cc(CCCCC)cc1OC(=O)NCCN(C)C. The Morgan fingerprint density at radius 3 is 2.71 bits per heavy atom. The van der Waals surface area contributed by atoms with Crippen LogP contribution in [-0.4, -0.2) is 43.3 Å². The predicted molar refractivity (Wildman–Crippen MR) is 128 cm³/mol. The standard InChI is InChI=1S/C26H40N2O3/c1-7-8-9-10-20-16-23(29)25(22-15-19(4)11-12-21(22)18(2)3)24(17-20)31-26(30)27-13-14-28(5)6/h15-17,21-22,29H,2,7-14H2,1,3-6H3,(H,27,30)/t21-,22+/m1/s1. The highest BCUT2D eigenvalue weighted by molar-refractivity contribution is 5.72. The van der Waals surface area contributed by atoms with Gasteiger partial charge in [-0.15, -0.1) is 0 Å². The van der Waals surface area contributed by atoms with Crippen LogP contribution < -0.4 is 10.1 Å². The predicted octanol–water partition coefficient (Wildman–Crippen LogP) is 5.79. The number of carbonyl (C=O) groups is 1. The molecule has 0 spiro atoms. The minimum absolute atomic E-state index is 0.0551. The Kier molecular flexibility index (Phi) is 9.63. The van der Waals surface area contributed by atoms with Crippen molar-refractivity contribution < 1.29 is 14.6 Å². The van der Waals surface area contributed by atoms with Crippen LogP contribution >= 0.6 is 0 Å². The zero-order chi connectivity index (χ0) is 23.0. The molecule has 5 heteroatoms. The molecular formula is C26H40N2O3. The van der Waals surface area contributed by atoms with Gasteiger partial charge in [0.05, 0.1) is 0 Å². The Labute approximate surface area is 188 Å². The molecule has 0 fully saturated rings. The molecule has 0 saturated heterocycles. The largest absolute Gasteiger partial charge is 0.507 e. The molecule has 2 atom stereocenters. The summed E-state index contributed by atoms with van der Waals surface area (Å²) < 4.78 is 5.78. The van der Waals surface area contributed by atoms with Gasteiger partial charge in [-0.3, -0.25) is 0 Å². The Morgan fingerprint density at radius 2 is 2.06 bits per heavy atom. The molecule has 0 saturated carbocycles. The number of phenols is 1. The number of allylic oxidation sites excluding steroid dienone is 3. The minimum Gasteiger partial charge on any atom is -0.507 e. The van der Waals surface area contributed by atoms with Crippen LogP contribution in [0, 0.1) is 5.92 Å². The van der Waals surface area contributed by atoms with Gasteiger partial charge in [0.2, 0.25) is 0 Å². The molecule has 31 heavy (non-hydrogen) atoms. The monoisotopic (exact) mass is 428 g/mol. The maximum Gasteiger partial charge on any atom is 0.412 e. The summed E-state index contributed by atoms with van der Waals surface area (Å²) in [5.74, 6) is 0.809. The van der Waals surface area contributed by atoms with E-state index in [1.165, 1.54) is 5.57 Å². The number of nitrogens with one attached hydrogen (secondary N) is 1. The summed E-state index contributed by atoms with van der Waals surface area (Å²) in [4.78, 5) is 14.5. The third-order valence-corrected chi connectivity index (χ3v) is 5.99. The van der Waals surface area contributed by atoms with Gasteiger partial charge in [0.15, 0.2) is 0 Å². The van der Waals surface area contributed by atoms with Gasteiger partial charge in [-0.1, -0.05) is 43.6 Å². The fraction of sp³-hybridized carbons (Fsp3) is 0.577. The van der Waals surface area contributed by atoms with E-state index < -0.39 is 6.09 Å². The molecule has 5 nitrogen and oxygen atoms in total. The number of carbonyl (C=O) groups excluding carboxylic acids is 1. The van der Waals surface area contributed by atoms with E-state index in [2.05, 4.69) is 31.8 Å². The van der Waals surface area contributed by atoms with Crippen molar-refractivity contribution in [1.82, 2.24) is 10.2 Å². The van der Waals surface area contributed by atoms with E-state index >= 15 is 0 Å². The highest BCUT2D eigenvalue weighted by Gasteiger charge is 2.31. The third kappa shape index (κ3) is 7.42. The molecule has 0 bridgehead atoms. The van der Waals surface area contributed by atoms with Crippen LogP contribution in [-0.2, 0) is 6.42 Å². The highest BCUT2D eigenvalue weighted by Crippen LogP contribution is 2.47. The summed E-state index contributed by atoms with van der Waals surface area (Å²) in [6, 6.07) is 3.78. The average Bonchev–Trinajstić information content (AvgIpc) is 2.67. The zero-order valence-corrected chi connectivity index (χ0v) is 20.0. The fourth-order valence-corrected chi connectivity index (χ4v) is 4.23. The van der Waals surface area contributed by atoms with Crippen LogP contribution in [0.1, 0.15) is 69.9 Å². The van der Waals surface area contributed by atoms with Gasteiger partial charge in [0, 0.05) is 24.6 Å². The Hall–Kier alpha value is -2.27. The van der Waals surface area contributed by atoms with Gasteiger partial charge < -0.3 is 20.1 Å². The lowest BCUT2D eigenvalue weighted by molar-refractivity contribution is 0.198. The number of phenolic OH excluding ortho intramolecular Hbond substituents is 1. The molecule has 1 aromatic rings. The van der Waals surface area contributed by atoms with Gasteiger partial charge in [0.25, 0.3) is 0 Å². The first kappa shape index (κ1) is 25.0. The quantitative estimate of drug-likeness (QED) is 0.366. The van der Waals surface area contributed by atoms with Gasteiger partial charge in [-0.05, 0) is 77.2 Å². The van der Waals surface area contributed by atoms with Crippen LogP contribution in [0.15, 0.2) is 35.9 Å². The van der Waals surface area contributed by atoms with Gasteiger partial charge in [0.1, 0.15) is 11.5 Å². The number of nitrogens with zero attached hydrogens (tertiary/aromatic N) is 1. The van der Waals surface area contributed by atoms with E-state index in [0.717, 1.165) is 56.2 Å². The Morgan fingerprint density at radius 1 is 1.32 bits per heavy atom. The number of benzene rings is 1. The summed E-state index contributed by atoms with van der Waals surface area (Å²) in [5, 5.41) is 13.9. The normalized spacial score (nSPS) is 18.6. The number of hydrogen-bond donors (Lipinski definition) is 2. The van der Waals surface area contributed by atoms with Crippen molar-refractivity contribution in [2.45, 2.75) is 65.2 Å². The van der Waals surface area contributed by atoms with Gasteiger partial charge >= 0.3 is 6.09 Å². The number of likely N-dealkylation sites (N-methyl/N-ethyl adjacent to an activating group) is 1. The van der Waals surface area contributed by atoms with Crippen LogP contribution in [0.2, 0.25) is 0 Å². The third-order valence-electron chi connectivity index (χ3n) is 5.99. The van der Waals surface area contributed by atoms with Crippen molar-refractivity contribution >= 4 is 6.09 Å². The first-order valence-electron chi connectivity index (χ1n) is 11.5. The molecule has 0 unspecified atom stereocenters. The van der Waals surface area contributed by atoms with Gasteiger partial charge in [-0.25, -0.2) is 4.79 Å². The minimum atomic E-state index is -0.489. The van der Waals surface area contributed by atoms with E-state index in [-0.39, 0.29) is 17.6 Å². The summed E-state index contributed by atoms with van der Waals surface area (Å²) in [6.45, 7) is 11.7. The average molecular weight is 429 g/mol. The topological polar surface area (TPSA) is 61.8 Å². The first-order valence-corrected chi connectivity index (χ1v) is 11.5. The molecule has 2 rings (SSSR count). The number of ether oxygens (including phenoxy) is 1. The Bertz CT molecular complexity index is 798. The second kappa shape index (κ2) is 11.9. The molecule has 172 valence electrons. The lowest BCUT2D eigenvalue weighted by atomic mass is 9.73. The number of rotatable bonds is 10. The lowest BCUT2D eigenvalue weighted by Gasteiger charge is -2.32. The molecule has 2 N–H and O–H groups in total. The van der Waals surface area contributed by atoms with E-state index in [1.54, 1.807) is 0 Å². The van der Waals surface area contributed by atoms with Crippen LogP contribution in [0.4, 0.5) is 4.79 Å². The lowest BCUT2D eigenvalue weighted by Crippen LogP contribution is -2.33. The smallest absolute Gasteiger partial charge is 0.412 e. The van der Waals surface area contributed by atoms with Crippen molar-refractivity contribution in [3.8, 4) is 11.5 Å². The molecule has 1 aliphatic rings. The maximum absolute atomic E-state index is 12.5. The number of amides is 1. The molecular weight excluding hydrogens is 388 g/mol. The molecule has 0 aliphatic heterocycles. The summed E-state index contributed by atoms with van der Waals surface area (Å²) in [6.07, 6.45) is 7.87. The van der Waals surface area contributed by atoms with E-state index in [1.807, 2.05) is 38.1 Å². The molecule has 1 amide bonds. The second-order valence-electron chi connectivity index (χ2n) is 9.13. The van der Waals surface area contributed by atoms with Crippen molar-refractivity contribution in [2.75, 3.05) is 27.2 Å². The molecule has 0 aromatic heterocycles. The van der Waals surface area contributed by atoms with Crippen molar-refractivity contribution in [2.24, 2.45) is 5.92 Å². The second-order valence-corrected chi connectivity index (χ2v) is 9.13. The Balaban J connectivity index is 2.39. The number of unbranched alkanes of at least 4 members (excludes halogenated alkanes) is 2. The fourth-order valence-electron chi connectivity index (χ4n) is 4.23. The van der Waals surface area contributed by atoms with Gasteiger partial charge in [-0.2, -0.15) is 0 Å². The van der Waals surface area contributed by atoms with Crippen LogP contribution in [0.3, 0.4) is 0 Å². The van der Waals surface area contributed by atoms with E-state index in [4.69, 9.17) is 4.74 Å². The van der Waals surface area contributed by atoms with Crippen LogP contribution in [0.5, 0.6) is 11.5 Å². The summed E-state index contributed by atoms with van der Waals surface area (Å²) in [5.41, 5.74) is 4.06. The molecule has 0 radical (unpaired) electrons. The summed E-state index contributed by atoms with van der Waals surface area (Å²) in [7, 11) is 3.91. The number of aromatic hydroxyl groups is 1. The molecule has 0 heterocycles. The van der Waals surface area contributed by atoms with Crippen molar-refractivity contribution in [3.05, 3.63) is 47.1 Å². The maximum atomic E-state index is 12.5. The van der Waals surface area contributed by atoms with Crippen molar-refractivity contribution in [1.29, 1.82) is 0 Å². The van der Waals surface area contributed by atoms with E-state index in [9.17, 15) is 9.90 Å². The highest BCUT2D eigenvalue weighted by atomic mass is 16.6. The van der Waals surface area contributed by atoms with E-state index in [0.29, 0.717) is 17.9 Å². The summed E-state index contributed by atoms with van der Waals surface area (Å²) >= 11 is 0.